The van der Waals surface area contributed by atoms with Crippen molar-refractivity contribution in [1.82, 2.24) is 15.5 Å². The summed E-state index contributed by atoms with van der Waals surface area (Å²) in [4.78, 5) is 18.7. The number of amides is 1. The average Bonchev–Trinajstić information content (AvgIpc) is 3.03. The number of guanidine groups is 1. The van der Waals surface area contributed by atoms with Crippen molar-refractivity contribution in [1.29, 1.82) is 0 Å². The Morgan fingerprint density at radius 3 is 2.54 bits per heavy atom. The second kappa shape index (κ2) is 13.0. The number of aliphatic imine (C=N–C) groups is 1. The minimum atomic E-state index is 0.279. The van der Waals surface area contributed by atoms with E-state index in [1.54, 1.807) is 0 Å². The molecule has 1 rings (SSSR count). The third-order valence-electron chi connectivity index (χ3n) is 4.94. The summed E-state index contributed by atoms with van der Waals surface area (Å²) >= 11 is 0. The SMILES string of the molecule is CCNC(=NCCC(CC)N1CCCC1=O)NCCC(OCC)C(C)C. The van der Waals surface area contributed by atoms with Crippen molar-refractivity contribution >= 4 is 11.9 Å². The molecule has 1 fully saturated rings. The fourth-order valence-electron chi connectivity index (χ4n) is 3.46. The van der Waals surface area contributed by atoms with Crippen LogP contribution in [-0.4, -0.2) is 61.7 Å². The molecule has 0 radical (unpaired) electrons. The molecule has 1 saturated heterocycles. The lowest BCUT2D eigenvalue weighted by Crippen LogP contribution is -2.40. The lowest BCUT2D eigenvalue weighted by Gasteiger charge is -2.26. The molecule has 1 amide bonds. The molecule has 1 heterocycles. The lowest BCUT2D eigenvalue weighted by atomic mass is 10.0. The molecule has 0 aromatic rings. The Labute approximate surface area is 160 Å². The Kier molecular flexibility index (Phi) is 11.3. The van der Waals surface area contributed by atoms with Gasteiger partial charge >= 0.3 is 0 Å². The van der Waals surface area contributed by atoms with Crippen LogP contribution in [-0.2, 0) is 9.53 Å². The van der Waals surface area contributed by atoms with Crippen LogP contribution in [0.25, 0.3) is 0 Å². The van der Waals surface area contributed by atoms with E-state index in [4.69, 9.17) is 9.73 Å². The minimum absolute atomic E-state index is 0.279. The average molecular weight is 369 g/mol. The topological polar surface area (TPSA) is 66.0 Å². The third-order valence-corrected chi connectivity index (χ3v) is 4.94. The van der Waals surface area contributed by atoms with Crippen molar-refractivity contribution in [3.05, 3.63) is 0 Å². The first-order valence-electron chi connectivity index (χ1n) is 10.5. The smallest absolute Gasteiger partial charge is 0.222 e. The van der Waals surface area contributed by atoms with E-state index < -0.39 is 0 Å². The Balaban J connectivity index is 2.45. The number of nitrogens with one attached hydrogen (secondary N) is 2. The highest BCUT2D eigenvalue weighted by molar-refractivity contribution is 5.79. The van der Waals surface area contributed by atoms with E-state index in [1.165, 1.54) is 0 Å². The van der Waals surface area contributed by atoms with Crippen LogP contribution in [0.2, 0.25) is 0 Å². The number of carbonyl (C=O) groups excluding carboxylic acids is 1. The van der Waals surface area contributed by atoms with E-state index >= 15 is 0 Å². The van der Waals surface area contributed by atoms with Gasteiger partial charge < -0.3 is 20.3 Å². The Hall–Kier alpha value is -1.30. The van der Waals surface area contributed by atoms with Crippen LogP contribution in [0.5, 0.6) is 0 Å². The summed E-state index contributed by atoms with van der Waals surface area (Å²) in [6, 6.07) is 0.319. The molecule has 2 unspecified atom stereocenters. The molecule has 1 aliphatic heterocycles. The number of likely N-dealkylation sites (tertiary alicyclic amines) is 1. The first kappa shape index (κ1) is 22.7. The van der Waals surface area contributed by atoms with Gasteiger partial charge in [-0.2, -0.15) is 0 Å². The van der Waals surface area contributed by atoms with Crippen LogP contribution < -0.4 is 10.6 Å². The van der Waals surface area contributed by atoms with E-state index in [2.05, 4.69) is 38.3 Å². The van der Waals surface area contributed by atoms with Gasteiger partial charge in [0.2, 0.25) is 5.91 Å². The Morgan fingerprint density at radius 1 is 1.23 bits per heavy atom. The van der Waals surface area contributed by atoms with Crippen molar-refractivity contribution in [2.24, 2.45) is 10.9 Å². The van der Waals surface area contributed by atoms with Gasteiger partial charge in [-0.15, -0.1) is 0 Å². The molecule has 0 bridgehead atoms. The van der Waals surface area contributed by atoms with Crippen molar-refractivity contribution in [2.75, 3.05) is 32.8 Å². The summed E-state index contributed by atoms with van der Waals surface area (Å²) in [5, 5.41) is 6.72. The quantitative estimate of drug-likeness (QED) is 0.411. The maximum Gasteiger partial charge on any atom is 0.222 e. The maximum atomic E-state index is 11.9. The molecular weight excluding hydrogens is 328 g/mol. The zero-order valence-corrected chi connectivity index (χ0v) is 17.5. The van der Waals surface area contributed by atoms with Crippen LogP contribution in [0.3, 0.4) is 0 Å². The first-order chi connectivity index (χ1) is 12.5. The predicted octanol–water partition coefficient (Wildman–Crippen LogP) is 2.78. The van der Waals surface area contributed by atoms with Crippen LogP contribution in [0.4, 0.5) is 0 Å². The molecule has 0 aromatic heterocycles. The highest BCUT2D eigenvalue weighted by atomic mass is 16.5. The van der Waals surface area contributed by atoms with E-state index in [0.717, 1.165) is 64.4 Å². The van der Waals surface area contributed by atoms with Crippen LogP contribution in [0.1, 0.15) is 66.7 Å². The molecule has 152 valence electrons. The zero-order valence-electron chi connectivity index (χ0n) is 17.5. The van der Waals surface area contributed by atoms with Gasteiger partial charge in [-0.25, -0.2) is 0 Å². The first-order valence-corrected chi connectivity index (χ1v) is 10.5. The van der Waals surface area contributed by atoms with E-state index in [1.807, 2.05) is 11.8 Å². The van der Waals surface area contributed by atoms with Crippen molar-refractivity contribution in [3.63, 3.8) is 0 Å². The number of hydrogen-bond acceptors (Lipinski definition) is 3. The second-order valence-corrected chi connectivity index (χ2v) is 7.26. The van der Waals surface area contributed by atoms with Crippen molar-refractivity contribution in [2.45, 2.75) is 78.9 Å². The summed E-state index contributed by atoms with van der Waals surface area (Å²) in [6.07, 6.45) is 4.87. The fraction of sp³-hybridized carbons (Fsp3) is 0.900. The third kappa shape index (κ3) is 7.94. The second-order valence-electron chi connectivity index (χ2n) is 7.26. The number of hydrogen-bond donors (Lipinski definition) is 2. The highest BCUT2D eigenvalue weighted by Gasteiger charge is 2.26. The molecule has 0 saturated carbocycles. The minimum Gasteiger partial charge on any atom is -0.378 e. The molecule has 6 heteroatoms. The maximum absolute atomic E-state index is 11.9. The molecule has 2 atom stereocenters. The summed E-state index contributed by atoms with van der Waals surface area (Å²) in [7, 11) is 0. The Bertz CT molecular complexity index is 426. The van der Waals surface area contributed by atoms with Gasteiger partial charge in [-0.05, 0) is 45.4 Å². The molecular formula is C20H40N4O2. The van der Waals surface area contributed by atoms with Crippen LogP contribution >= 0.6 is 0 Å². The zero-order chi connectivity index (χ0) is 19.4. The number of nitrogens with zero attached hydrogens (tertiary/aromatic N) is 2. The van der Waals surface area contributed by atoms with Gasteiger partial charge in [-0.3, -0.25) is 9.79 Å². The van der Waals surface area contributed by atoms with Gasteiger partial charge in [0.15, 0.2) is 5.96 Å². The predicted molar refractivity (Wildman–Crippen MR) is 108 cm³/mol. The molecule has 26 heavy (non-hydrogen) atoms. The van der Waals surface area contributed by atoms with Crippen LogP contribution in [0, 0.1) is 5.92 Å². The molecule has 0 aliphatic carbocycles. The van der Waals surface area contributed by atoms with Crippen molar-refractivity contribution in [3.8, 4) is 0 Å². The summed E-state index contributed by atoms with van der Waals surface area (Å²) < 4.78 is 5.80. The molecule has 2 N–H and O–H groups in total. The Morgan fingerprint density at radius 2 is 2.00 bits per heavy atom. The van der Waals surface area contributed by atoms with Crippen molar-refractivity contribution < 1.29 is 9.53 Å². The molecule has 1 aliphatic rings. The van der Waals surface area contributed by atoms with Gasteiger partial charge in [-0.1, -0.05) is 20.8 Å². The molecule has 6 nitrogen and oxygen atoms in total. The lowest BCUT2D eigenvalue weighted by molar-refractivity contribution is -0.129. The number of ether oxygens (including phenoxy) is 1. The van der Waals surface area contributed by atoms with Gasteiger partial charge in [0.05, 0.1) is 6.10 Å². The largest absolute Gasteiger partial charge is 0.378 e. The normalized spacial score (nSPS) is 17.7. The monoisotopic (exact) mass is 368 g/mol. The fourth-order valence-corrected chi connectivity index (χ4v) is 3.46. The van der Waals surface area contributed by atoms with E-state index in [9.17, 15) is 4.79 Å². The van der Waals surface area contributed by atoms with Gasteiger partial charge in [0, 0.05) is 45.2 Å². The number of carbonyl (C=O) groups is 1. The summed E-state index contributed by atoms with van der Waals surface area (Å²) in [6.45, 7) is 14.8. The highest BCUT2D eigenvalue weighted by Crippen LogP contribution is 2.18. The molecule has 0 spiro atoms. The van der Waals surface area contributed by atoms with E-state index in [-0.39, 0.29) is 6.10 Å². The van der Waals surface area contributed by atoms with Gasteiger partial charge in [0.25, 0.3) is 0 Å². The van der Waals surface area contributed by atoms with Crippen LogP contribution in [0.15, 0.2) is 4.99 Å². The molecule has 0 aromatic carbocycles. The standard InChI is InChI=1S/C20H40N4O2/c1-6-17(24-15-9-10-19(24)25)11-13-22-20(21-7-2)23-14-12-18(16(4)5)26-8-3/h16-18H,6-15H2,1-5H3,(H2,21,22,23). The van der Waals surface area contributed by atoms with E-state index in [0.29, 0.717) is 24.3 Å². The summed E-state index contributed by atoms with van der Waals surface area (Å²) in [5.41, 5.74) is 0. The number of rotatable bonds is 12. The summed E-state index contributed by atoms with van der Waals surface area (Å²) in [5.74, 6) is 1.68. The van der Waals surface area contributed by atoms with Gasteiger partial charge in [0.1, 0.15) is 0 Å².